The lowest BCUT2D eigenvalue weighted by atomic mass is 9.61. The molecule has 1 saturated heterocycles. The summed E-state index contributed by atoms with van der Waals surface area (Å²) in [7, 11) is 3.37. The van der Waals surface area contributed by atoms with Crippen LogP contribution < -0.4 is 10.2 Å². The Kier molecular flexibility index (Phi) is 10.4. The summed E-state index contributed by atoms with van der Waals surface area (Å²) in [5.74, 6) is -0.0547. The topological polar surface area (TPSA) is 181 Å². The number of aliphatic hydroxyl groups excluding tert-OH is 3. The second-order valence-corrected chi connectivity index (χ2v) is 21.8. The third-order valence-electron chi connectivity index (χ3n) is 14.8. The van der Waals surface area contributed by atoms with Crippen molar-refractivity contribution in [3.63, 3.8) is 0 Å². The van der Waals surface area contributed by atoms with E-state index in [-0.39, 0.29) is 87.7 Å². The van der Waals surface area contributed by atoms with Gasteiger partial charge in [-0.1, -0.05) is 59.7 Å². The number of hydrogen-bond acceptors (Lipinski definition) is 12. The van der Waals surface area contributed by atoms with Gasteiger partial charge in [0.05, 0.1) is 23.0 Å². The van der Waals surface area contributed by atoms with Gasteiger partial charge in [0.2, 0.25) is 11.2 Å². The molecule has 5 bridgehead atoms. The fourth-order valence-corrected chi connectivity index (χ4v) is 14.8. The van der Waals surface area contributed by atoms with Crippen LogP contribution in [0.15, 0.2) is 69.9 Å². The van der Waals surface area contributed by atoms with Gasteiger partial charge in [-0.2, -0.15) is 0 Å². The normalized spacial score (nSPS) is 25.8. The average Bonchev–Trinajstić information content (AvgIpc) is 3.28. The van der Waals surface area contributed by atoms with Crippen LogP contribution in [0.1, 0.15) is 114 Å². The van der Waals surface area contributed by atoms with Crippen molar-refractivity contribution in [2.45, 2.75) is 107 Å². The quantitative estimate of drug-likeness (QED) is 0.0788. The molecule has 2 fully saturated rings. The number of fused-ring (bicyclic) bond motifs is 11. The van der Waals surface area contributed by atoms with Crippen LogP contribution in [-0.4, -0.2) is 66.4 Å². The Labute approximate surface area is 378 Å². The fourth-order valence-electron chi connectivity index (χ4n) is 11.9. The zero-order chi connectivity index (χ0) is 44.3. The highest BCUT2D eigenvalue weighted by atomic mass is 33.1. The molecule has 5 aliphatic rings. The number of phenolic OH excluding ortho intramolecular Hbond substituents is 3. The molecule has 12 heteroatoms. The molecule has 11 rings (SSSR count). The highest BCUT2D eigenvalue weighted by Crippen LogP contribution is 2.63. The molecule has 8 unspecified atom stereocenters. The van der Waals surface area contributed by atoms with E-state index >= 15 is 0 Å². The van der Waals surface area contributed by atoms with Crippen LogP contribution in [0.5, 0.6) is 28.7 Å². The Balaban J connectivity index is 1.18. The molecule has 0 radical (unpaired) electrons. The first-order valence-electron chi connectivity index (χ1n) is 22.6. The van der Waals surface area contributed by atoms with E-state index < -0.39 is 35.4 Å². The van der Waals surface area contributed by atoms with Crippen molar-refractivity contribution < 1.29 is 44.9 Å². The van der Waals surface area contributed by atoms with Crippen molar-refractivity contribution in [1.29, 1.82) is 0 Å². The largest absolute Gasteiger partial charge is 0.508 e. The minimum Gasteiger partial charge on any atom is -0.508 e. The van der Waals surface area contributed by atoms with Gasteiger partial charge in [-0.3, -0.25) is 4.79 Å². The van der Waals surface area contributed by atoms with Gasteiger partial charge in [-0.05, 0) is 154 Å². The van der Waals surface area contributed by atoms with Gasteiger partial charge in [-0.15, -0.1) is 0 Å². The molecule has 0 spiro atoms. The maximum absolute atomic E-state index is 15.0. The lowest BCUT2D eigenvalue weighted by Crippen LogP contribution is -2.40. The monoisotopic (exact) mass is 900 g/mol. The van der Waals surface area contributed by atoms with Crippen molar-refractivity contribution in [3.8, 4) is 51.2 Å². The summed E-state index contributed by atoms with van der Waals surface area (Å²) >= 11 is 0. The Morgan fingerprint density at radius 2 is 1.64 bits per heavy atom. The summed E-state index contributed by atoms with van der Waals surface area (Å²) < 4.78 is 13.4. The first-order chi connectivity index (χ1) is 30.9. The number of benzene rings is 5. The number of ether oxygens (including phenoxy) is 1. The Morgan fingerprint density at radius 3 is 2.44 bits per heavy atom. The van der Waals surface area contributed by atoms with Crippen LogP contribution in [0, 0.1) is 11.8 Å². The van der Waals surface area contributed by atoms with Gasteiger partial charge in [0.15, 0.2) is 5.76 Å². The van der Waals surface area contributed by atoms with Crippen LogP contribution in [0.2, 0.25) is 0 Å². The molecule has 2 aliphatic heterocycles. The molecule has 6 aromatic rings. The first kappa shape index (κ1) is 41.8. The standard InChI is InChI=1S/C52H52O10S2/c1-23(2)13-27-16-29(17-28(46(27)57)14-24-5-3-6-30(54)15-24)50-49(60)48(59)45-40(62-50)21-38(56)43-35-19-34-33-18-25(8-9-26(33)22-53)31-10-11-32-44(41(31)34)42(35)36-20-39(61-51(43)45)37(55)7-4-12-63-64-52(32)47(36)58/h3,5-6,10-11,15-17,19,21,23,25-26,33,36-37,39,47,52-58,60H,4,7-9,12-14,18,20,22H2,1-2H3. The van der Waals surface area contributed by atoms with Crippen molar-refractivity contribution in [3.05, 3.63) is 110 Å². The van der Waals surface area contributed by atoms with E-state index in [1.54, 1.807) is 51.9 Å². The first-order valence-corrected chi connectivity index (χ1v) is 25.0. The van der Waals surface area contributed by atoms with E-state index in [2.05, 4.69) is 18.2 Å². The highest BCUT2D eigenvalue weighted by Gasteiger charge is 2.47. The number of rotatable bonds is 6. The summed E-state index contributed by atoms with van der Waals surface area (Å²) in [4.78, 5) is 15.0. The molecular weight excluding hydrogens is 849 g/mol. The Hall–Kier alpha value is -4.85. The summed E-state index contributed by atoms with van der Waals surface area (Å²) in [5.41, 5.74) is 6.45. The van der Waals surface area contributed by atoms with Gasteiger partial charge < -0.3 is 44.9 Å². The third-order valence-corrected chi connectivity index (χ3v) is 17.7. The molecule has 5 aromatic carbocycles. The van der Waals surface area contributed by atoms with Crippen LogP contribution >= 0.6 is 21.6 Å². The molecule has 1 saturated carbocycles. The fraction of sp³-hybridized carbons (Fsp3) is 0.404. The molecule has 8 atom stereocenters. The summed E-state index contributed by atoms with van der Waals surface area (Å²) in [6, 6.07) is 18.0. The van der Waals surface area contributed by atoms with Crippen LogP contribution in [0.4, 0.5) is 0 Å². The van der Waals surface area contributed by atoms with E-state index in [9.17, 15) is 40.5 Å². The van der Waals surface area contributed by atoms with E-state index in [1.165, 1.54) is 11.6 Å². The van der Waals surface area contributed by atoms with Crippen LogP contribution in [0.25, 0.3) is 44.2 Å². The molecule has 332 valence electrons. The number of phenols is 3. The second kappa shape index (κ2) is 15.9. The van der Waals surface area contributed by atoms with Crippen molar-refractivity contribution >= 4 is 43.3 Å². The molecule has 3 aliphatic carbocycles. The van der Waals surface area contributed by atoms with Gasteiger partial charge in [0, 0.05) is 36.3 Å². The summed E-state index contributed by atoms with van der Waals surface area (Å²) in [6.07, 6.45) is 2.11. The average molecular weight is 901 g/mol. The zero-order valence-corrected chi connectivity index (χ0v) is 37.3. The smallest absolute Gasteiger partial charge is 0.238 e. The molecule has 0 amide bonds. The SMILES string of the molecule is CC(C)Cc1cc(-c2oc3cc(O)c4c(c3c(=O)c2O)OC2CC3c5c-4cc4c6c(ccc(c56)C(SSCCCC2O)C3O)C2CCC(CO)C4C2)cc(Cc2cccc(O)c2)c1O. The molecule has 7 N–H and O–H groups in total. The van der Waals surface area contributed by atoms with Gasteiger partial charge in [0.25, 0.3) is 0 Å². The molecule has 64 heavy (non-hydrogen) atoms. The van der Waals surface area contributed by atoms with E-state index in [4.69, 9.17) is 9.15 Å². The number of aromatic hydroxyl groups is 4. The second-order valence-electron chi connectivity index (χ2n) is 19.2. The van der Waals surface area contributed by atoms with Crippen LogP contribution in [0.3, 0.4) is 0 Å². The number of aliphatic hydroxyl groups is 3. The molecule has 10 nitrogen and oxygen atoms in total. The van der Waals surface area contributed by atoms with E-state index in [0.29, 0.717) is 47.4 Å². The minimum absolute atomic E-state index is 0.00402. The van der Waals surface area contributed by atoms with Crippen molar-refractivity contribution in [1.82, 2.24) is 0 Å². The predicted molar refractivity (Wildman–Crippen MR) is 251 cm³/mol. The maximum Gasteiger partial charge on any atom is 0.238 e. The summed E-state index contributed by atoms with van der Waals surface area (Å²) in [5, 5.41) is 83.3. The van der Waals surface area contributed by atoms with E-state index in [0.717, 1.165) is 58.0 Å². The van der Waals surface area contributed by atoms with Crippen LogP contribution in [-0.2, 0) is 12.8 Å². The molecule has 3 heterocycles. The van der Waals surface area contributed by atoms with Crippen molar-refractivity contribution in [2.75, 3.05) is 12.4 Å². The van der Waals surface area contributed by atoms with Crippen molar-refractivity contribution in [2.24, 2.45) is 11.8 Å². The third kappa shape index (κ3) is 6.61. The maximum atomic E-state index is 15.0. The minimum atomic E-state index is -0.978. The predicted octanol–water partition coefficient (Wildman–Crippen LogP) is 10.1. The zero-order valence-electron chi connectivity index (χ0n) is 35.7. The number of hydrogen-bond donors (Lipinski definition) is 7. The molecular formula is C52H52O10S2. The van der Waals surface area contributed by atoms with Gasteiger partial charge in [0.1, 0.15) is 40.1 Å². The molecule has 1 aromatic heterocycles. The Morgan fingerprint density at radius 1 is 0.828 bits per heavy atom. The van der Waals surface area contributed by atoms with E-state index in [1.807, 2.05) is 19.9 Å². The van der Waals surface area contributed by atoms with Gasteiger partial charge >= 0.3 is 0 Å². The van der Waals surface area contributed by atoms with Gasteiger partial charge in [-0.25, -0.2) is 0 Å². The Bertz CT molecular complexity index is 2940. The lowest BCUT2D eigenvalue weighted by Gasteiger charge is -2.46. The summed E-state index contributed by atoms with van der Waals surface area (Å²) in [6.45, 7) is 4.10. The lowest BCUT2D eigenvalue weighted by molar-refractivity contribution is 0.00974. The highest BCUT2D eigenvalue weighted by molar-refractivity contribution is 8.76.